The van der Waals surface area contributed by atoms with Crippen LogP contribution in [0.5, 0.6) is 11.5 Å². The van der Waals surface area contributed by atoms with Gasteiger partial charge in [-0.15, -0.1) is 0 Å². The number of amides is 1. The van der Waals surface area contributed by atoms with Gasteiger partial charge in [-0.25, -0.2) is 0 Å². The maximum absolute atomic E-state index is 12.6. The topological polar surface area (TPSA) is 60.7 Å². The van der Waals surface area contributed by atoms with Crippen LogP contribution in [0.1, 0.15) is 29.2 Å². The lowest BCUT2D eigenvalue weighted by atomic mass is 9.96. The number of ether oxygens (including phenoxy) is 2. The van der Waals surface area contributed by atoms with E-state index in [2.05, 4.69) is 37.4 Å². The van der Waals surface area contributed by atoms with Gasteiger partial charge in [-0.1, -0.05) is 35.9 Å². The summed E-state index contributed by atoms with van der Waals surface area (Å²) in [4.78, 5) is 12.6. The van der Waals surface area contributed by atoms with Gasteiger partial charge in [0.1, 0.15) is 17.1 Å². The van der Waals surface area contributed by atoms with Gasteiger partial charge in [0.05, 0.1) is 20.5 Å². The Bertz CT molecular complexity index is 1400. The number of rotatable bonds is 8. The third kappa shape index (κ3) is 5.40. The second kappa shape index (κ2) is 10.5. The van der Waals surface area contributed by atoms with Gasteiger partial charge in [-0.3, -0.25) is 4.79 Å². The summed E-state index contributed by atoms with van der Waals surface area (Å²) in [6, 6.07) is 18.2. The second-order valence-corrected chi connectivity index (χ2v) is 8.74. The Labute approximate surface area is 206 Å². The van der Waals surface area contributed by atoms with Gasteiger partial charge in [0.15, 0.2) is 0 Å². The number of allylic oxidation sites excluding steroid dienone is 1. The minimum atomic E-state index is -0.144. The van der Waals surface area contributed by atoms with Gasteiger partial charge in [0, 0.05) is 35.2 Å². The van der Waals surface area contributed by atoms with Crippen LogP contribution in [0.4, 0.5) is 0 Å². The second-order valence-electron chi connectivity index (χ2n) is 8.74. The summed E-state index contributed by atoms with van der Waals surface area (Å²) in [5.74, 6) is 1.33. The number of hydrogen-bond acceptors (Lipinski definition) is 4. The molecule has 0 aliphatic carbocycles. The fourth-order valence-electron chi connectivity index (χ4n) is 4.34. The van der Waals surface area contributed by atoms with Crippen molar-refractivity contribution in [3.8, 4) is 22.6 Å². The Morgan fingerprint density at radius 3 is 2.57 bits per heavy atom. The molecule has 0 bridgehead atoms. The molecule has 5 nitrogen and oxygen atoms in total. The van der Waals surface area contributed by atoms with Crippen molar-refractivity contribution in [1.82, 2.24) is 5.32 Å². The van der Waals surface area contributed by atoms with E-state index in [1.807, 2.05) is 43.3 Å². The molecule has 0 aliphatic heterocycles. The van der Waals surface area contributed by atoms with Gasteiger partial charge < -0.3 is 19.2 Å². The molecule has 1 heterocycles. The zero-order valence-electron chi connectivity index (χ0n) is 20.9. The van der Waals surface area contributed by atoms with Crippen LogP contribution in [0.3, 0.4) is 0 Å². The van der Waals surface area contributed by atoms with Gasteiger partial charge >= 0.3 is 0 Å². The van der Waals surface area contributed by atoms with Crippen molar-refractivity contribution in [1.29, 1.82) is 0 Å². The van der Waals surface area contributed by atoms with Crippen LogP contribution in [0.15, 0.2) is 71.4 Å². The van der Waals surface area contributed by atoms with E-state index in [4.69, 9.17) is 13.9 Å². The summed E-state index contributed by atoms with van der Waals surface area (Å²) in [6.07, 6.45) is 4.13. The molecule has 5 heteroatoms. The SMILES string of the molecule is COc1cccc(CCNC(=O)/C=C(\C)c2cc3c(-c4ccc(C)cc4C)coc3cc2OC)c1. The fraction of sp³-hybridized carbons (Fsp3) is 0.233. The van der Waals surface area contributed by atoms with Gasteiger partial charge in [-0.05, 0) is 67.7 Å². The molecular formula is C30H31NO4. The molecule has 4 rings (SSSR count). The van der Waals surface area contributed by atoms with E-state index in [0.29, 0.717) is 12.3 Å². The largest absolute Gasteiger partial charge is 0.497 e. The Balaban J connectivity index is 1.56. The molecule has 0 saturated carbocycles. The van der Waals surface area contributed by atoms with E-state index < -0.39 is 0 Å². The molecule has 3 aromatic carbocycles. The summed E-state index contributed by atoms with van der Waals surface area (Å²) in [5, 5.41) is 3.96. The first-order chi connectivity index (χ1) is 16.9. The molecule has 1 amide bonds. The van der Waals surface area contributed by atoms with E-state index in [9.17, 15) is 4.79 Å². The van der Waals surface area contributed by atoms with E-state index >= 15 is 0 Å². The van der Waals surface area contributed by atoms with Crippen molar-refractivity contribution < 1.29 is 18.7 Å². The molecule has 0 aliphatic rings. The Hall–Kier alpha value is -3.99. The summed E-state index contributed by atoms with van der Waals surface area (Å²) in [7, 11) is 3.27. The third-order valence-electron chi connectivity index (χ3n) is 6.19. The highest BCUT2D eigenvalue weighted by Crippen LogP contribution is 2.38. The number of aryl methyl sites for hydroxylation is 2. The first-order valence-electron chi connectivity index (χ1n) is 11.7. The predicted octanol–water partition coefficient (Wildman–Crippen LogP) is 6.50. The van der Waals surface area contributed by atoms with Crippen LogP contribution in [-0.2, 0) is 11.2 Å². The highest BCUT2D eigenvalue weighted by molar-refractivity contribution is 6.00. The Morgan fingerprint density at radius 2 is 1.83 bits per heavy atom. The number of hydrogen-bond donors (Lipinski definition) is 1. The van der Waals surface area contributed by atoms with E-state index in [1.165, 1.54) is 11.1 Å². The van der Waals surface area contributed by atoms with Gasteiger partial charge in [0.2, 0.25) is 5.91 Å². The molecule has 4 aromatic rings. The Kier molecular flexibility index (Phi) is 7.25. The number of methoxy groups -OCH3 is 2. The molecule has 0 radical (unpaired) electrons. The van der Waals surface area contributed by atoms with Crippen LogP contribution in [-0.4, -0.2) is 26.7 Å². The van der Waals surface area contributed by atoms with Crippen LogP contribution >= 0.6 is 0 Å². The van der Waals surface area contributed by atoms with Crippen molar-refractivity contribution in [2.75, 3.05) is 20.8 Å². The van der Waals surface area contributed by atoms with Crippen molar-refractivity contribution in [3.05, 3.63) is 89.2 Å². The molecule has 0 spiro atoms. The summed E-state index contributed by atoms with van der Waals surface area (Å²) in [6.45, 7) is 6.64. The summed E-state index contributed by atoms with van der Waals surface area (Å²) >= 11 is 0. The molecule has 0 atom stereocenters. The summed E-state index contributed by atoms with van der Waals surface area (Å²) in [5.41, 5.74) is 8.09. The normalized spacial score (nSPS) is 11.5. The number of carbonyl (C=O) groups excluding carboxylic acids is 1. The number of nitrogens with one attached hydrogen (secondary N) is 1. The first-order valence-corrected chi connectivity index (χ1v) is 11.7. The maximum atomic E-state index is 12.6. The molecule has 0 fully saturated rings. The first kappa shape index (κ1) is 24.1. The Morgan fingerprint density at radius 1 is 1.00 bits per heavy atom. The van der Waals surface area contributed by atoms with E-state index in [-0.39, 0.29) is 5.91 Å². The zero-order valence-corrected chi connectivity index (χ0v) is 20.9. The highest BCUT2D eigenvalue weighted by atomic mass is 16.5. The van der Waals surface area contributed by atoms with Crippen molar-refractivity contribution >= 4 is 22.4 Å². The molecule has 1 N–H and O–H groups in total. The van der Waals surface area contributed by atoms with Crippen molar-refractivity contribution in [2.24, 2.45) is 0 Å². The molecule has 35 heavy (non-hydrogen) atoms. The van der Waals surface area contributed by atoms with Crippen molar-refractivity contribution in [2.45, 2.75) is 27.2 Å². The molecular weight excluding hydrogens is 438 g/mol. The number of benzene rings is 3. The lowest BCUT2D eigenvalue weighted by molar-refractivity contribution is -0.116. The lowest BCUT2D eigenvalue weighted by Crippen LogP contribution is -2.23. The third-order valence-corrected chi connectivity index (χ3v) is 6.19. The zero-order chi connectivity index (χ0) is 24.9. The minimum Gasteiger partial charge on any atom is -0.497 e. The summed E-state index contributed by atoms with van der Waals surface area (Å²) < 4.78 is 16.8. The van der Waals surface area contributed by atoms with E-state index in [0.717, 1.165) is 51.0 Å². The average molecular weight is 470 g/mol. The monoisotopic (exact) mass is 469 g/mol. The fourth-order valence-corrected chi connectivity index (χ4v) is 4.34. The van der Waals surface area contributed by atoms with Gasteiger partial charge in [-0.2, -0.15) is 0 Å². The lowest BCUT2D eigenvalue weighted by Gasteiger charge is -2.11. The maximum Gasteiger partial charge on any atom is 0.244 e. The highest BCUT2D eigenvalue weighted by Gasteiger charge is 2.16. The van der Waals surface area contributed by atoms with Crippen LogP contribution < -0.4 is 14.8 Å². The van der Waals surface area contributed by atoms with E-state index in [1.54, 1.807) is 26.6 Å². The van der Waals surface area contributed by atoms with Crippen LogP contribution in [0.2, 0.25) is 0 Å². The molecule has 1 aromatic heterocycles. The molecule has 180 valence electrons. The number of furan rings is 1. The molecule has 0 saturated heterocycles. The van der Waals surface area contributed by atoms with Crippen LogP contribution in [0, 0.1) is 13.8 Å². The average Bonchev–Trinajstić information content (AvgIpc) is 3.26. The molecule has 0 unspecified atom stereocenters. The quantitative estimate of drug-likeness (QED) is 0.299. The smallest absolute Gasteiger partial charge is 0.244 e. The van der Waals surface area contributed by atoms with Gasteiger partial charge in [0.25, 0.3) is 0 Å². The van der Waals surface area contributed by atoms with Crippen molar-refractivity contribution in [3.63, 3.8) is 0 Å². The van der Waals surface area contributed by atoms with Crippen LogP contribution in [0.25, 0.3) is 27.7 Å². The minimum absolute atomic E-state index is 0.144. The standard InChI is InChI=1S/C30H31NO4/c1-19-9-10-24(20(2)13-19)27-18-35-29-17-28(34-5)25(16-26(27)29)21(3)14-30(32)31-12-11-22-7-6-8-23(15-22)33-4/h6-10,13-18H,11-12H2,1-5H3,(H,31,32)/b21-14+. The number of carbonyl (C=O) groups is 1. The predicted molar refractivity (Wildman–Crippen MR) is 141 cm³/mol. The number of fused-ring (bicyclic) bond motifs is 1.